The number of hydrogen-bond acceptors (Lipinski definition) is 3. The van der Waals surface area contributed by atoms with E-state index < -0.39 is 0 Å². The molecule has 2 fully saturated rings. The predicted octanol–water partition coefficient (Wildman–Crippen LogP) is 0.941. The third kappa shape index (κ3) is 3.16. The Morgan fingerprint density at radius 3 is 2.68 bits per heavy atom. The molecule has 0 bridgehead atoms. The number of amides is 1. The standard InChI is InChI=1S/C14H20N2O3/c17-14(10-16-5-1-2-6-16)15-11-3-4-12-13(9-11)19-8-7-18-12/h1-2,5-6,11-13H,3-4,7-10H2,(H,15,17)/t11-,12-,13+/m1/s1. The van der Waals surface area contributed by atoms with Crippen molar-refractivity contribution >= 4 is 5.91 Å². The Hall–Kier alpha value is -1.33. The van der Waals surface area contributed by atoms with Gasteiger partial charge in [-0.25, -0.2) is 0 Å². The molecule has 1 aromatic heterocycles. The summed E-state index contributed by atoms with van der Waals surface area (Å²) in [6.07, 6.45) is 6.98. The van der Waals surface area contributed by atoms with Gasteiger partial charge in [-0.15, -0.1) is 0 Å². The van der Waals surface area contributed by atoms with Crippen LogP contribution in [-0.4, -0.2) is 41.9 Å². The van der Waals surface area contributed by atoms with E-state index in [0.717, 1.165) is 19.3 Å². The number of nitrogens with zero attached hydrogens (tertiary/aromatic N) is 1. The van der Waals surface area contributed by atoms with Crippen LogP contribution < -0.4 is 5.32 Å². The van der Waals surface area contributed by atoms with Crippen LogP contribution in [0, 0.1) is 0 Å². The van der Waals surface area contributed by atoms with Gasteiger partial charge in [-0.05, 0) is 31.4 Å². The van der Waals surface area contributed by atoms with Crippen LogP contribution >= 0.6 is 0 Å². The van der Waals surface area contributed by atoms with Gasteiger partial charge in [-0.1, -0.05) is 0 Å². The first kappa shape index (κ1) is 12.7. The fraction of sp³-hybridized carbons (Fsp3) is 0.643. The van der Waals surface area contributed by atoms with Crippen LogP contribution in [-0.2, 0) is 20.8 Å². The molecule has 5 nitrogen and oxygen atoms in total. The summed E-state index contributed by atoms with van der Waals surface area (Å²) < 4.78 is 13.3. The second-order valence-corrected chi connectivity index (χ2v) is 5.25. The van der Waals surface area contributed by atoms with E-state index in [4.69, 9.17) is 9.47 Å². The molecule has 0 radical (unpaired) electrons. The van der Waals surface area contributed by atoms with Crippen LogP contribution in [0.1, 0.15) is 19.3 Å². The molecule has 3 atom stereocenters. The minimum atomic E-state index is 0.0661. The number of nitrogens with one attached hydrogen (secondary N) is 1. The molecule has 0 aromatic carbocycles. The summed E-state index contributed by atoms with van der Waals surface area (Å²) in [5.74, 6) is 0.0661. The van der Waals surface area contributed by atoms with Crippen molar-refractivity contribution in [2.24, 2.45) is 0 Å². The maximum absolute atomic E-state index is 11.9. The van der Waals surface area contributed by atoms with Gasteiger partial charge in [0.2, 0.25) is 5.91 Å². The number of hydrogen-bond donors (Lipinski definition) is 1. The van der Waals surface area contributed by atoms with Crippen molar-refractivity contribution in [3.8, 4) is 0 Å². The molecule has 0 spiro atoms. The Kier molecular flexibility index (Phi) is 3.84. The van der Waals surface area contributed by atoms with Crippen molar-refractivity contribution in [1.29, 1.82) is 0 Å². The molecule has 1 saturated heterocycles. The fourth-order valence-electron chi connectivity index (χ4n) is 2.91. The van der Waals surface area contributed by atoms with Crippen molar-refractivity contribution in [1.82, 2.24) is 9.88 Å². The van der Waals surface area contributed by atoms with Gasteiger partial charge in [0, 0.05) is 18.4 Å². The maximum Gasteiger partial charge on any atom is 0.240 e. The minimum Gasteiger partial charge on any atom is -0.373 e. The molecule has 19 heavy (non-hydrogen) atoms. The van der Waals surface area contributed by atoms with Crippen molar-refractivity contribution in [2.75, 3.05) is 13.2 Å². The van der Waals surface area contributed by atoms with E-state index in [1.54, 1.807) is 0 Å². The number of fused-ring (bicyclic) bond motifs is 1. The van der Waals surface area contributed by atoms with Gasteiger partial charge in [0.1, 0.15) is 6.54 Å². The Balaban J connectivity index is 1.49. The molecule has 2 aliphatic rings. The van der Waals surface area contributed by atoms with Crippen LogP contribution in [0.25, 0.3) is 0 Å². The van der Waals surface area contributed by atoms with E-state index in [-0.39, 0.29) is 24.2 Å². The highest BCUT2D eigenvalue weighted by Gasteiger charge is 2.34. The SMILES string of the molecule is O=C(Cn1cccc1)N[C@@H]1CC[C@H]2OCCO[C@H]2C1. The van der Waals surface area contributed by atoms with Gasteiger partial charge in [0.25, 0.3) is 0 Å². The highest BCUT2D eigenvalue weighted by Crippen LogP contribution is 2.26. The molecule has 1 aliphatic heterocycles. The van der Waals surface area contributed by atoms with Gasteiger partial charge in [0.15, 0.2) is 0 Å². The Morgan fingerprint density at radius 2 is 1.89 bits per heavy atom. The van der Waals surface area contributed by atoms with Gasteiger partial charge >= 0.3 is 0 Å². The van der Waals surface area contributed by atoms with Crippen LogP contribution in [0.15, 0.2) is 24.5 Å². The number of carbonyl (C=O) groups is 1. The average Bonchev–Trinajstić information content (AvgIpc) is 2.91. The van der Waals surface area contributed by atoms with Gasteiger partial charge < -0.3 is 19.4 Å². The summed E-state index contributed by atoms with van der Waals surface area (Å²) >= 11 is 0. The number of aromatic nitrogens is 1. The first-order valence-electron chi connectivity index (χ1n) is 6.94. The summed E-state index contributed by atoms with van der Waals surface area (Å²) in [6, 6.07) is 4.06. The quantitative estimate of drug-likeness (QED) is 0.884. The Bertz CT molecular complexity index is 418. The largest absolute Gasteiger partial charge is 0.373 e. The molecule has 3 rings (SSSR count). The smallest absolute Gasteiger partial charge is 0.240 e. The molecule has 2 heterocycles. The molecule has 1 N–H and O–H groups in total. The summed E-state index contributed by atoms with van der Waals surface area (Å²) in [5, 5.41) is 3.09. The number of rotatable bonds is 3. The molecule has 5 heteroatoms. The number of ether oxygens (including phenoxy) is 2. The lowest BCUT2D eigenvalue weighted by Gasteiger charge is -2.39. The normalized spacial score (nSPS) is 30.6. The summed E-state index contributed by atoms with van der Waals surface area (Å²) in [7, 11) is 0. The first-order chi connectivity index (χ1) is 9.31. The second-order valence-electron chi connectivity index (χ2n) is 5.25. The zero-order valence-corrected chi connectivity index (χ0v) is 11.0. The van der Waals surface area contributed by atoms with Crippen LogP contribution in [0.4, 0.5) is 0 Å². The maximum atomic E-state index is 11.9. The van der Waals surface area contributed by atoms with E-state index in [1.807, 2.05) is 29.1 Å². The lowest BCUT2D eigenvalue weighted by molar-refractivity contribution is -0.158. The van der Waals surface area contributed by atoms with Crippen LogP contribution in [0.2, 0.25) is 0 Å². The second kappa shape index (κ2) is 5.75. The van der Waals surface area contributed by atoms with Gasteiger partial charge in [0.05, 0.1) is 25.4 Å². The predicted molar refractivity (Wildman–Crippen MR) is 69.7 cm³/mol. The third-order valence-corrected chi connectivity index (χ3v) is 3.84. The topological polar surface area (TPSA) is 52.5 Å². The lowest BCUT2D eigenvalue weighted by atomic mass is 9.89. The van der Waals surface area contributed by atoms with Crippen LogP contribution in [0.3, 0.4) is 0 Å². The van der Waals surface area contributed by atoms with E-state index in [9.17, 15) is 4.79 Å². The molecular weight excluding hydrogens is 244 g/mol. The molecule has 1 amide bonds. The molecule has 1 saturated carbocycles. The molecule has 0 unspecified atom stereocenters. The van der Waals surface area contributed by atoms with Crippen LogP contribution in [0.5, 0.6) is 0 Å². The fourth-order valence-corrected chi connectivity index (χ4v) is 2.91. The van der Waals surface area contributed by atoms with Crippen molar-refractivity contribution in [3.63, 3.8) is 0 Å². The summed E-state index contributed by atoms with van der Waals surface area (Å²) in [5.41, 5.74) is 0. The lowest BCUT2D eigenvalue weighted by Crippen LogP contribution is -2.49. The van der Waals surface area contributed by atoms with Crippen molar-refractivity contribution in [2.45, 2.75) is 44.1 Å². The highest BCUT2D eigenvalue weighted by molar-refractivity contribution is 5.76. The molecule has 1 aliphatic carbocycles. The molecule has 104 valence electrons. The molecule has 1 aromatic rings. The summed E-state index contributed by atoms with van der Waals surface area (Å²) in [6.45, 7) is 1.76. The minimum absolute atomic E-state index is 0.0661. The van der Waals surface area contributed by atoms with Gasteiger partial charge in [-0.2, -0.15) is 0 Å². The monoisotopic (exact) mass is 264 g/mol. The summed E-state index contributed by atoms with van der Waals surface area (Å²) in [4.78, 5) is 11.9. The zero-order chi connectivity index (χ0) is 13.1. The van der Waals surface area contributed by atoms with E-state index in [2.05, 4.69) is 5.32 Å². The van der Waals surface area contributed by atoms with Crippen molar-refractivity contribution in [3.05, 3.63) is 24.5 Å². The number of carbonyl (C=O) groups excluding carboxylic acids is 1. The highest BCUT2D eigenvalue weighted by atomic mass is 16.6. The van der Waals surface area contributed by atoms with Crippen molar-refractivity contribution < 1.29 is 14.3 Å². The van der Waals surface area contributed by atoms with E-state index in [1.165, 1.54) is 0 Å². The van der Waals surface area contributed by atoms with E-state index in [0.29, 0.717) is 19.8 Å². The van der Waals surface area contributed by atoms with Gasteiger partial charge in [-0.3, -0.25) is 4.79 Å². The molecular formula is C14H20N2O3. The first-order valence-corrected chi connectivity index (χ1v) is 6.94. The van der Waals surface area contributed by atoms with E-state index >= 15 is 0 Å². The Morgan fingerprint density at radius 1 is 1.16 bits per heavy atom. The zero-order valence-electron chi connectivity index (χ0n) is 11.0. The third-order valence-electron chi connectivity index (χ3n) is 3.84. The Labute approximate surface area is 112 Å². The average molecular weight is 264 g/mol.